The van der Waals surface area contributed by atoms with E-state index in [2.05, 4.69) is 36.0 Å². The predicted molar refractivity (Wildman–Crippen MR) is 96.2 cm³/mol. The maximum absolute atomic E-state index is 5.58. The van der Waals surface area contributed by atoms with E-state index >= 15 is 0 Å². The third kappa shape index (κ3) is 3.95. The first-order chi connectivity index (χ1) is 11.1. The van der Waals surface area contributed by atoms with E-state index in [1.54, 1.807) is 0 Å². The number of hydrogen-bond acceptors (Lipinski definition) is 5. The summed E-state index contributed by atoms with van der Waals surface area (Å²) in [4.78, 5) is 8.69. The Morgan fingerprint density at radius 1 is 1.22 bits per heavy atom. The highest BCUT2D eigenvalue weighted by Gasteiger charge is 2.38. The second kappa shape index (κ2) is 7.60. The van der Waals surface area contributed by atoms with Gasteiger partial charge in [-0.15, -0.1) is 11.3 Å². The van der Waals surface area contributed by atoms with Gasteiger partial charge >= 0.3 is 0 Å². The summed E-state index contributed by atoms with van der Waals surface area (Å²) < 4.78 is 5.58. The third-order valence-electron chi connectivity index (χ3n) is 5.54. The van der Waals surface area contributed by atoms with E-state index in [4.69, 9.17) is 4.74 Å². The number of nitrogens with zero attached hydrogens (tertiary/aromatic N) is 2. The highest BCUT2D eigenvalue weighted by atomic mass is 32.1. The van der Waals surface area contributed by atoms with Gasteiger partial charge in [0.05, 0.1) is 23.9 Å². The molecule has 1 aromatic rings. The van der Waals surface area contributed by atoms with Gasteiger partial charge in [0.1, 0.15) is 0 Å². The molecule has 0 aromatic carbocycles. The molecule has 0 bridgehead atoms. The van der Waals surface area contributed by atoms with Crippen molar-refractivity contribution in [3.05, 3.63) is 15.6 Å². The molecule has 0 spiro atoms. The lowest BCUT2D eigenvalue weighted by molar-refractivity contribution is -0.0375. The molecule has 0 amide bonds. The van der Waals surface area contributed by atoms with Gasteiger partial charge in [-0.1, -0.05) is 19.3 Å². The number of morpholine rings is 1. The van der Waals surface area contributed by atoms with Crippen LogP contribution >= 0.6 is 11.3 Å². The molecule has 1 N–H and O–H groups in total. The molecule has 1 aliphatic carbocycles. The van der Waals surface area contributed by atoms with E-state index < -0.39 is 0 Å². The first kappa shape index (κ1) is 17.3. The largest absolute Gasteiger partial charge is 0.379 e. The van der Waals surface area contributed by atoms with E-state index in [1.807, 2.05) is 11.3 Å². The van der Waals surface area contributed by atoms with Crippen molar-refractivity contribution >= 4 is 11.3 Å². The quantitative estimate of drug-likeness (QED) is 0.893. The lowest BCUT2D eigenvalue weighted by Gasteiger charge is -2.48. The molecule has 4 nitrogen and oxygen atoms in total. The Labute approximate surface area is 144 Å². The average Bonchev–Trinajstić information content (AvgIpc) is 2.93. The van der Waals surface area contributed by atoms with Crippen molar-refractivity contribution in [1.82, 2.24) is 15.2 Å². The molecule has 1 aromatic heterocycles. The van der Waals surface area contributed by atoms with Crippen LogP contribution in [0.25, 0.3) is 0 Å². The Balaban J connectivity index is 1.67. The molecule has 130 valence electrons. The first-order valence-corrected chi connectivity index (χ1v) is 9.92. The summed E-state index contributed by atoms with van der Waals surface area (Å²) in [6.45, 7) is 11.6. The summed E-state index contributed by atoms with van der Waals surface area (Å²) in [5, 5.41) is 5.02. The number of nitrogens with one attached hydrogen (secondary N) is 1. The van der Waals surface area contributed by atoms with Gasteiger partial charge in [-0.2, -0.15) is 0 Å². The van der Waals surface area contributed by atoms with Crippen LogP contribution in [-0.2, 0) is 4.74 Å². The summed E-state index contributed by atoms with van der Waals surface area (Å²) in [7, 11) is 0. The van der Waals surface area contributed by atoms with Gasteiger partial charge in [-0.3, -0.25) is 4.90 Å². The number of thiazole rings is 1. The van der Waals surface area contributed by atoms with Crippen molar-refractivity contribution in [2.24, 2.45) is 0 Å². The van der Waals surface area contributed by atoms with Crippen molar-refractivity contribution in [3.63, 3.8) is 0 Å². The van der Waals surface area contributed by atoms with Gasteiger partial charge in [0, 0.05) is 36.1 Å². The van der Waals surface area contributed by atoms with E-state index in [0.717, 1.165) is 32.8 Å². The molecule has 1 unspecified atom stereocenters. The van der Waals surface area contributed by atoms with Crippen LogP contribution in [0.1, 0.15) is 60.6 Å². The van der Waals surface area contributed by atoms with Gasteiger partial charge in [0.2, 0.25) is 0 Å². The second-order valence-electron chi connectivity index (χ2n) is 7.17. The molecule has 23 heavy (non-hydrogen) atoms. The standard InChI is InChI=1S/C18H31N3OS/c1-14(17-15(2)20-16(3)23-17)19-13-18(7-5-4-6-8-18)21-9-11-22-12-10-21/h14,19H,4-13H2,1-3H3. The van der Waals surface area contributed by atoms with Gasteiger partial charge in [0.25, 0.3) is 0 Å². The smallest absolute Gasteiger partial charge is 0.0900 e. The van der Waals surface area contributed by atoms with Gasteiger partial charge in [-0.05, 0) is 33.6 Å². The fourth-order valence-electron chi connectivity index (χ4n) is 4.24. The fourth-order valence-corrected chi connectivity index (χ4v) is 5.19. The number of ether oxygens (including phenoxy) is 1. The van der Waals surface area contributed by atoms with Crippen LogP contribution in [-0.4, -0.2) is 48.3 Å². The minimum Gasteiger partial charge on any atom is -0.379 e. The molecule has 2 heterocycles. The monoisotopic (exact) mass is 337 g/mol. The average molecular weight is 338 g/mol. The Kier molecular flexibility index (Phi) is 5.73. The number of hydrogen-bond donors (Lipinski definition) is 1. The van der Waals surface area contributed by atoms with Crippen LogP contribution in [0.3, 0.4) is 0 Å². The van der Waals surface area contributed by atoms with E-state index in [1.165, 1.54) is 47.7 Å². The molecule has 1 aliphatic heterocycles. The number of aromatic nitrogens is 1. The van der Waals surface area contributed by atoms with E-state index in [-0.39, 0.29) is 0 Å². The zero-order valence-electron chi connectivity index (χ0n) is 14.9. The van der Waals surface area contributed by atoms with Gasteiger partial charge in [-0.25, -0.2) is 4.98 Å². The van der Waals surface area contributed by atoms with Gasteiger partial charge < -0.3 is 10.1 Å². The molecule has 2 fully saturated rings. The van der Waals surface area contributed by atoms with Crippen molar-refractivity contribution in [1.29, 1.82) is 0 Å². The molecule has 2 aliphatic rings. The Morgan fingerprint density at radius 3 is 2.52 bits per heavy atom. The SMILES string of the molecule is Cc1nc(C)c(C(C)NCC2(N3CCOCC3)CCCCC2)s1. The molecule has 3 rings (SSSR count). The van der Waals surface area contributed by atoms with Crippen LogP contribution in [0, 0.1) is 13.8 Å². The van der Waals surface area contributed by atoms with E-state index in [9.17, 15) is 0 Å². The summed E-state index contributed by atoms with van der Waals surface area (Å²) in [6, 6.07) is 0.390. The van der Waals surface area contributed by atoms with Crippen molar-refractivity contribution < 1.29 is 4.74 Å². The number of aryl methyl sites for hydroxylation is 2. The van der Waals surface area contributed by atoms with E-state index in [0.29, 0.717) is 11.6 Å². The molecular weight excluding hydrogens is 306 g/mol. The Bertz CT molecular complexity index is 504. The summed E-state index contributed by atoms with van der Waals surface area (Å²) in [5.74, 6) is 0. The van der Waals surface area contributed by atoms with Crippen LogP contribution in [0.15, 0.2) is 0 Å². The second-order valence-corrected chi connectivity index (χ2v) is 8.40. The van der Waals surface area contributed by atoms with Crippen LogP contribution in [0.5, 0.6) is 0 Å². The summed E-state index contributed by atoms with van der Waals surface area (Å²) in [6.07, 6.45) is 6.79. The first-order valence-electron chi connectivity index (χ1n) is 9.11. The Morgan fingerprint density at radius 2 is 1.91 bits per heavy atom. The zero-order valence-corrected chi connectivity index (χ0v) is 15.7. The van der Waals surface area contributed by atoms with Crippen molar-refractivity contribution in [3.8, 4) is 0 Å². The fraction of sp³-hybridized carbons (Fsp3) is 0.833. The molecular formula is C18H31N3OS. The van der Waals surface area contributed by atoms with Gasteiger partial charge in [0.15, 0.2) is 0 Å². The maximum Gasteiger partial charge on any atom is 0.0900 e. The Hall–Kier alpha value is -0.490. The zero-order chi connectivity index (χ0) is 16.3. The van der Waals surface area contributed by atoms with Crippen molar-refractivity contribution in [2.75, 3.05) is 32.8 Å². The highest BCUT2D eigenvalue weighted by molar-refractivity contribution is 7.11. The van der Waals surface area contributed by atoms with Crippen LogP contribution in [0.2, 0.25) is 0 Å². The highest BCUT2D eigenvalue weighted by Crippen LogP contribution is 2.35. The molecule has 0 radical (unpaired) electrons. The predicted octanol–water partition coefficient (Wildman–Crippen LogP) is 3.45. The lowest BCUT2D eigenvalue weighted by atomic mass is 9.79. The number of rotatable bonds is 5. The molecule has 1 saturated carbocycles. The summed E-state index contributed by atoms with van der Waals surface area (Å²) >= 11 is 1.84. The van der Waals surface area contributed by atoms with Crippen LogP contribution in [0.4, 0.5) is 0 Å². The van der Waals surface area contributed by atoms with Crippen molar-refractivity contribution in [2.45, 2.75) is 64.5 Å². The minimum absolute atomic E-state index is 0.337. The minimum atomic E-state index is 0.337. The molecule has 1 atom stereocenters. The normalized spacial score (nSPS) is 23.8. The molecule has 5 heteroatoms. The van der Waals surface area contributed by atoms with Crippen LogP contribution < -0.4 is 5.32 Å². The summed E-state index contributed by atoms with van der Waals surface area (Å²) in [5.41, 5.74) is 1.53. The maximum atomic E-state index is 5.58. The molecule has 1 saturated heterocycles. The lowest BCUT2D eigenvalue weighted by Crippen LogP contribution is -2.59. The third-order valence-corrected chi connectivity index (χ3v) is 6.79. The topological polar surface area (TPSA) is 37.4 Å².